The number of benzene rings is 7. The lowest BCUT2D eigenvalue weighted by Crippen LogP contribution is -2.15. The van der Waals surface area contributed by atoms with Crippen molar-refractivity contribution in [1.29, 1.82) is 0 Å². The molecule has 6 heteroatoms. The van der Waals surface area contributed by atoms with Crippen molar-refractivity contribution in [2.24, 2.45) is 0 Å². The Morgan fingerprint density at radius 3 is 1.73 bits per heavy atom. The van der Waals surface area contributed by atoms with Gasteiger partial charge in [-0.2, -0.15) is 0 Å². The standard InChI is InChI=1S/C49H33N5O/c1-49(2)39-27-34(23-24-35(39)37-28-41-44(29-40(37)49)55-48(50-41)32-18-10-5-11-19-32)54-42-21-13-12-20-36(42)38-26-33(22-25-43(38)54)47-52-45(30-14-6-3-7-15-30)51-46(53-47)31-16-8-4-9-17-31/h3-29H,1-2H3. The highest BCUT2D eigenvalue weighted by atomic mass is 16.3. The summed E-state index contributed by atoms with van der Waals surface area (Å²) in [5.74, 6) is 2.58. The molecule has 0 unspecified atom stereocenters. The van der Waals surface area contributed by atoms with E-state index in [2.05, 4.69) is 91.2 Å². The molecule has 6 nitrogen and oxygen atoms in total. The Hall–Kier alpha value is -7.18. The monoisotopic (exact) mass is 707 g/mol. The van der Waals surface area contributed by atoms with Gasteiger partial charge in [0, 0.05) is 44.1 Å². The number of hydrogen-bond acceptors (Lipinski definition) is 5. The van der Waals surface area contributed by atoms with E-state index in [1.807, 2.05) is 91.0 Å². The SMILES string of the molecule is CC1(C)c2cc(-n3c4ccccc4c4cc(-c5nc(-c6ccccc6)nc(-c6ccccc6)n5)ccc43)ccc2-c2cc3nc(-c4ccccc4)oc3cc21. The van der Waals surface area contributed by atoms with Gasteiger partial charge in [0.15, 0.2) is 23.1 Å². The van der Waals surface area contributed by atoms with Gasteiger partial charge in [0.25, 0.3) is 0 Å². The van der Waals surface area contributed by atoms with E-state index in [1.54, 1.807) is 0 Å². The second kappa shape index (κ2) is 11.9. The van der Waals surface area contributed by atoms with Gasteiger partial charge < -0.3 is 8.98 Å². The molecule has 0 aliphatic heterocycles. The summed E-state index contributed by atoms with van der Waals surface area (Å²) in [6.07, 6.45) is 0. The van der Waals surface area contributed by atoms with Crippen LogP contribution in [-0.2, 0) is 5.41 Å². The number of fused-ring (bicyclic) bond motifs is 7. The molecule has 260 valence electrons. The van der Waals surface area contributed by atoms with Crippen LogP contribution in [0, 0.1) is 0 Å². The lowest BCUT2D eigenvalue weighted by molar-refractivity contribution is 0.614. The van der Waals surface area contributed by atoms with Gasteiger partial charge in [0.2, 0.25) is 5.89 Å². The zero-order chi connectivity index (χ0) is 36.7. The third-order valence-electron chi connectivity index (χ3n) is 11.1. The fourth-order valence-corrected chi connectivity index (χ4v) is 8.31. The minimum absolute atomic E-state index is 0.244. The zero-order valence-electron chi connectivity index (χ0n) is 30.2. The van der Waals surface area contributed by atoms with Crippen LogP contribution >= 0.6 is 0 Å². The van der Waals surface area contributed by atoms with Gasteiger partial charge in [-0.05, 0) is 82.9 Å². The molecule has 0 spiro atoms. The van der Waals surface area contributed by atoms with Crippen LogP contribution in [0.15, 0.2) is 168 Å². The van der Waals surface area contributed by atoms with Gasteiger partial charge in [-0.1, -0.05) is 117 Å². The van der Waals surface area contributed by atoms with Crippen molar-refractivity contribution in [3.05, 3.63) is 175 Å². The third kappa shape index (κ3) is 4.95. The molecule has 1 aliphatic carbocycles. The Balaban J connectivity index is 1.04. The van der Waals surface area contributed by atoms with Crippen LogP contribution in [0.4, 0.5) is 0 Å². The maximum atomic E-state index is 6.32. The summed E-state index contributed by atoms with van der Waals surface area (Å²) >= 11 is 0. The number of para-hydroxylation sites is 1. The molecule has 0 saturated heterocycles. The molecule has 0 fully saturated rings. The summed E-state index contributed by atoms with van der Waals surface area (Å²) < 4.78 is 8.70. The van der Waals surface area contributed by atoms with E-state index >= 15 is 0 Å². The molecule has 55 heavy (non-hydrogen) atoms. The van der Waals surface area contributed by atoms with Gasteiger partial charge in [-0.3, -0.25) is 0 Å². The Morgan fingerprint density at radius 1 is 0.455 bits per heavy atom. The van der Waals surface area contributed by atoms with Crippen LogP contribution in [0.3, 0.4) is 0 Å². The van der Waals surface area contributed by atoms with Crippen molar-refractivity contribution >= 4 is 32.9 Å². The largest absolute Gasteiger partial charge is 0.436 e. The van der Waals surface area contributed by atoms with Crippen molar-refractivity contribution in [2.75, 3.05) is 0 Å². The van der Waals surface area contributed by atoms with E-state index in [-0.39, 0.29) is 5.41 Å². The molecule has 0 bridgehead atoms. The molecule has 7 aromatic carbocycles. The number of nitrogens with zero attached hydrogens (tertiary/aromatic N) is 5. The minimum Gasteiger partial charge on any atom is -0.436 e. The third-order valence-corrected chi connectivity index (χ3v) is 11.1. The average Bonchev–Trinajstić information content (AvgIpc) is 3.88. The number of oxazole rings is 1. The van der Waals surface area contributed by atoms with E-state index in [1.165, 1.54) is 27.6 Å². The fourth-order valence-electron chi connectivity index (χ4n) is 8.31. The molecular formula is C49H33N5O. The number of hydrogen-bond donors (Lipinski definition) is 0. The second-order valence-electron chi connectivity index (χ2n) is 14.7. The molecule has 11 rings (SSSR count). The van der Waals surface area contributed by atoms with Crippen LogP contribution < -0.4 is 0 Å². The Morgan fingerprint density at radius 2 is 1.04 bits per heavy atom. The first kappa shape index (κ1) is 31.4. The second-order valence-corrected chi connectivity index (χ2v) is 14.7. The summed E-state index contributed by atoms with van der Waals surface area (Å²) in [5, 5.41) is 2.31. The molecule has 0 atom stereocenters. The first-order valence-electron chi connectivity index (χ1n) is 18.6. The maximum Gasteiger partial charge on any atom is 0.227 e. The average molecular weight is 708 g/mol. The van der Waals surface area contributed by atoms with Gasteiger partial charge in [-0.15, -0.1) is 0 Å². The van der Waals surface area contributed by atoms with Crippen LogP contribution in [0.2, 0.25) is 0 Å². The van der Waals surface area contributed by atoms with Crippen molar-refractivity contribution in [1.82, 2.24) is 24.5 Å². The van der Waals surface area contributed by atoms with Gasteiger partial charge in [0.1, 0.15) is 5.52 Å². The van der Waals surface area contributed by atoms with E-state index in [4.69, 9.17) is 24.4 Å². The first-order valence-corrected chi connectivity index (χ1v) is 18.6. The molecule has 0 N–H and O–H groups in total. The summed E-state index contributed by atoms with van der Waals surface area (Å²) in [6.45, 7) is 4.62. The minimum atomic E-state index is -0.244. The lowest BCUT2D eigenvalue weighted by Gasteiger charge is -2.22. The van der Waals surface area contributed by atoms with E-state index < -0.39 is 0 Å². The topological polar surface area (TPSA) is 69.6 Å². The highest BCUT2D eigenvalue weighted by Gasteiger charge is 2.37. The van der Waals surface area contributed by atoms with Crippen LogP contribution in [-0.4, -0.2) is 24.5 Å². The van der Waals surface area contributed by atoms with Gasteiger partial charge in [-0.25, -0.2) is 19.9 Å². The Bertz CT molecular complexity index is 3050. The van der Waals surface area contributed by atoms with Crippen LogP contribution in [0.1, 0.15) is 25.0 Å². The molecule has 10 aromatic rings. The predicted octanol–water partition coefficient (Wildman–Crippen LogP) is 12.1. The first-order chi connectivity index (χ1) is 27.0. The Kier molecular flexibility index (Phi) is 6.79. The molecule has 0 radical (unpaired) electrons. The van der Waals surface area contributed by atoms with Crippen molar-refractivity contribution in [2.45, 2.75) is 19.3 Å². The van der Waals surface area contributed by atoms with Crippen molar-refractivity contribution < 1.29 is 4.42 Å². The molecule has 1 aliphatic rings. The van der Waals surface area contributed by atoms with E-state index in [0.717, 1.165) is 55.5 Å². The quantitative estimate of drug-likeness (QED) is 0.178. The predicted molar refractivity (Wildman–Crippen MR) is 221 cm³/mol. The molecular weight excluding hydrogens is 675 g/mol. The summed E-state index contributed by atoms with van der Waals surface area (Å²) in [4.78, 5) is 19.8. The molecule has 0 amide bonds. The lowest BCUT2D eigenvalue weighted by atomic mass is 9.82. The van der Waals surface area contributed by atoms with Crippen molar-refractivity contribution in [3.8, 4) is 62.4 Å². The maximum absolute atomic E-state index is 6.32. The molecule has 0 saturated carbocycles. The number of rotatable bonds is 5. The molecule has 3 heterocycles. The van der Waals surface area contributed by atoms with Gasteiger partial charge in [0.05, 0.1) is 11.0 Å². The fraction of sp³-hybridized carbons (Fsp3) is 0.0612. The van der Waals surface area contributed by atoms with E-state index in [0.29, 0.717) is 23.4 Å². The highest BCUT2D eigenvalue weighted by Crippen LogP contribution is 2.51. The van der Waals surface area contributed by atoms with E-state index in [9.17, 15) is 0 Å². The van der Waals surface area contributed by atoms with Gasteiger partial charge >= 0.3 is 0 Å². The summed E-state index contributed by atoms with van der Waals surface area (Å²) in [5.41, 5.74) is 13.6. The van der Waals surface area contributed by atoms with Crippen LogP contribution in [0.25, 0.3) is 95.3 Å². The molecule has 3 aromatic heterocycles. The summed E-state index contributed by atoms with van der Waals surface area (Å²) in [7, 11) is 0. The summed E-state index contributed by atoms with van der Waals surface area (Å²) in [6, 6.07) is 56.8. The van der Waals surface area contributed by atoms with Crippen molar-refractivity contribution in [3.63, 3.8) is 0 Å². The smallest absolute Gasteiger partial charge is 0.227 e. The Labute approximate surface area is 317 Å². The zero-order valence-corrected chi connectivity index (χ0v) is 30.2. The van der Waals surface area contributed by atoms with Crippen LogP contribution in [0.5, 0.6) is 0 Å². The normalized spacial score (nSPS) is 13.1. The number of aromatic nitrogens is 5. The highest BCUT2D eigenvalue weighted by molar-refractivity contribution is 6.10.